The second-order valence-corrected chi connectivity index (χ2v) is 8.30. The Morgan fingerprint density at radius 3 is 2.15 bits per heavy atom. The Kier molecular flexibility index (Phi) is 10.7. The van der Waals surface area contributed by atoms with Crippen LogP contribution in [0.4, 0.5) is 0 Å². The van der Waals surface area contributed by atoms with Gasteiger partial charge in [-0.15, -0.1) is 0 Å². The molecular weight excluding hydrogens is 418 g/mol. The van der Waals surface area contributed by atoms with Crippen molar-refractivity contribution in [3.05, 3.63) is 40.3 Å². The third-order valence-corrected chi connectivity index (χ3v) is 5.30. The van der Waals surface area contributed by atoms with Crippen LogP contribution in [0.3, 0.4) is 0 Å². The molecule has 9 nitrogen and oxygen atoms in total. The predicted octanol–water partition coefficient (Wildman–Crippen LogP) is 0.0947. The maximum absolute atomic E-state index is 12.1. The molecule has 0 fully saturated rings. The van der Waals surface area contributed by atoms with E-state index in [-0.39, 0.29) is 64.8 Å². The summed E-state index contributed by atoms with van der Waals surface area (Å²) in [5.41, 5.74) is -0.226. The van der Waals surface area contributed by atoms with Gasteiger partial charge >= 0.3 is 59.1 Å². The summed E-state index contributed by atoms with van der Waals surface area (Å²) in [6, 6.07) is 3.84. The van der Waals surface area contributed by atoms with Gasteiger partial charge in [-0.3, -0.25) is 19.0 Å². The van der Waals surface area contributed by atoms with Crippen molar-refractivity contribution < 1.29 is 25.9 Å². The summed E-state index contributed by atoms with van der Waals surface area (Å²) in [6.07, 6.45) is 3.38. The van der Waals surface area contributed by atoms with Gasteiger partial charge in [-0.2, -0.15) is 16.8 Å². The van der Waals surface area contributed by atoms with E-state index in [0.29, 0.717) is 18.2 Å². The molecule has 0 unspecified atom stereocenters. The van der Waals surface area contributed by atoms with Gasteiger partial charge in [0.1, 0.15) is 4.90 Å². The number of aryl methyl sites for hydroxylation is 1. The van der Waals surface area contributed by atoms with Crippen LogP contribution in [0.15, 0.2) is 38.9 Å². The fraction of sp³-hybridized carbons (Fsp3) is 0.357. The molecule has 0 spiro atoms. The number of aromatic amines is 1. The van der Waals surface area contributed by atoms with E-state index in [4.69, 9.17) is 4.55 Å². The molecule has 1 aromatic carbocycles. The normalized spacial score (nSPS) is 11.5. The second kappa shape index (κ2) is 10.7. The topological polar surface area (TPSA) is 147 Å². The molecule has 0 saturated carbocycles. The molecule has 0 atom stereocenters. The Morgan fingerprint density at radius 1 is 1.00 bits per heavy atom. The Balaban J connectivity index is 0.00000338. The van der Waals surface area contributed by atoms with Crippen LogP contribution in [-0.4, -0.2) is 94.8 Å². The summed E-state index contributed by atoms with van der Waals surface area (Å²) in [7, 11) is -9.53. The fourth-order valence-electron chi connectivity index (χ4n) is 2.36. The molecule has 0 aliphatic rings. The molecule has 13 heteroatoms. The molecule has 0 radical (unpaired) electrons. The Morgan fingerprint density at radius 2 is 1.63 bits per heavy atom. The van der Waals surface area contributed by atoms with E-state index < -0.39 is 35.6 Å². The summed E-state index contributed by atoms with van der Waals surface area (Å²) in [4.78, 5) is 10.6. The monoisotopic (exact) mass is 438 g/mol. The van der Waals surface area contributed by atoms with Gasteiger partial charge in [0.15, 0.2) is 0 Å². The zero-order valence-corrected chi connectivity index (χ0v) is 15.0. The molecule has 1 heterocycles. The first-order valence-electron chi connectivity index (χ1n) is 7.44. The van der Waals surface area contributed by atoms with Crippen molar-refractivity contribution in [2.45, 2.75) is 42.4 Å². The van der Waals surface area contributed by atoms with E-state index >= 15 is 0 Å². The molecule has 27 heavy (non-hydrogen) atoms. The van der Waals surface area contributed by atoms with Crippen molar-refractivity contribution in [1.82, 2.24) is 9.78 Å². The maximum atomic E-state index is 12.1. The molecular formula is C14H20N2Na2O7S2. The number of benzene rings is 1. The third kappa shape index (κ3) is 7.11. The summed E-state index contributed by atoms with van der Waals surface area (Å²) in [6.45, 7) is 2.03. The van der Waals surface area contributed by atoms with E-state index in [1.165, 1.54) is 6.07 Å². The van der Waals surface area contributed by atoms with Crippen molar-refractivity contribution in [2.24, 2.45) is 0 Å². The summed E-state index contributed by atoms with van der Waals surface area (Å²) >= 11 is 0. The zero-order chi connectivity index (χ0) is 18.8. The molecule has 1 aromatic heterocycles. The minimum absolute atomic E-state index is 0. The molecule has 0 bridgehead atoms. The number of hydrogen-bond donors (Lipinski definition) is 3. The van der Waals surface area contributed by atoms with Gasteiger partial charge in [0, 0.05) is 11.8 Å². The summed E-state index contributed by atoms with van der Waals surface area (Å²) < 4.78 is 64.8. The van der Waals surface area contributed by atoms with Crippen molar-refractivity contribution in [1.29, 1.82) is 0 Å². The number of unbranched alkanes of at least 4 members (excludes halogenated alkanes) is 2. The fourth-order valence-corrected chi connectivity index (χ4v) is 3.64. The van der Waals surface area contributed by atoms with Crippen LogP contribution >= 0.6 is 0 Å². The summed E-state index contributed by atoms with van der Waals surface area (Å²) in [5, 5.41) is 2.74. The van der Waals surface area contributed by atoms with Crippen LogP contribution in [0.5, 0.6) is 0 Å². The van der Waals surface area contributed by atoms with E-state index in [0.717, 1.165) is 36.1 Å². The standard InChI is InChI=1S/C14H18N2O7S2.2Na.2H/c1-2-3-4-5-10-8-14(17)16(15-10)12-7-6-11(24(18,19)20)9-13(12)25(21,22)23;;;;/h6-9,15H,2-5H2,1H3,(H,18,19,20)(H,21,22,23);;;;. The van der Waals surface area contributed by atoms with Crippen LogP contribution in [0.1, 0.15) is 31.9 Å². The van der Waals surface area contributed by atoms with Gasteiger partial charge in [-0.05, 0) is 31.0 Å². The van der Waals surface area contributed by atoms with Gasteiger partial charge in [0.25, 0.3) is 25.8 Å². The number of aromatic nitrogens is 2. The van der Waals surface area contributed by atoms with E-state index in [9.17, 15) is 26.2 Å². The molecule has 0 amide bonds. The first kappa shape index (κ1) is 27.0. The minimum atomic E-state index is -4.85. The number of H-pyrrole nitrogens is 1. The quantitative estimate of drug-likeness (QED) is 0.315. The second-order valence-electron chi connectivity index (χ2n) is 5.49. The van der Waals surface area contributed by atoms with E-state index in [1.807, 2.05) is 6.92 Å². The van der Waals surface area contributed by atoms with Gasteiger partial charge in [0.05, 0.1) is 10.6 Å². The van der Waals surface area contributed by atoms with Gasteiger partial charge in [-0.25, -0.2) is 4.68 Å². The van der Waals surface area contributed by atoms with Gasteiger partial charge < -0.3 is 0 Å². The van der Waals surface area contributed by atoms with Crippen LogP contribution < -0.4 is 5.56 Å². The molecule has 142 valence electrons. The van der Waals surface area contributed by atoms with Crippen LogP contribution in [-0.2, 0) is 26.7 Å². The van der Waals surface area contributed by atoms with Crippen molar-refractivity contribution >= 4 is 79.4 Å². The SMILES string of the molecule is CCCCCc1cc(=O)n(-c2ccc(S(=O)(=O)O)cc2S(=O)(=O)O)[nH]1.[NaH].[NaH]. The van der Waals surface area contributed by atoms with Gasteiger partial charge in [0.2, 0.25) is 0 Å². The number of nitrogens with one attached hydrogen (secondary N) is 1. The molecule has 0 aliphatic heterocycles. The molecule has 2 rings (SSSR count). The van der Waals surface area contributed by atoms with E-state index in [2.05, 4.69) is 5.10 Å². The van der Waals surface area contributed by atoms with E-state index in [1.54, 1.807) is 0 Å². The van der Waals surface area contributed by atoms with Crippen molar-refractivity contribution in [2.75, 3.05) is 0 Å². The third-order valence-electron chi connectivity index (χ3n) is 3.57. The average Bonchev–Trinajstić information content (AvgIpc) is 2.86. The first-order chi connectivity index (χ1) is 11.5. The van der Waals surface area contributed by atoms with Crippen LogP contribution in [0.2, 0.25) is 0 Å². The number of rotatable bonds is 7. The Hall–Kier alpha value is 0.0500. The van der Waals surface area contributed by atoms with Crippen LogP contribution in [0.25, 0.3) is 5.69 Å². The Bertz CT molecular complexity index is 1040. The van der Waals surface area contributed by atoms with Crippen LogP contribution in [0, 0.1) is 0 Å². The zero-order valence-electron chi connectivity index (χ0n) is 13.3. The number of nitrogens with zero attached hydrogens (tertiary/aromatic N) is 1. The Labute approximate surface area is 201 Å². The average molecular weight is 438 g/mol. The summed E-state index contributed by atoms with van der Waals surface area (Å²) in [5.74, 6) is 0. The van der Waals surface area contributed by atoms with Gasteiger partial charge in [-0.1, -0.05) is 19.8 Å². The molecule has 0 saturated heterocycles. The molecule has 0 aliphatic carbocycles. The first-order valence-corrected chi connectivity index (χ1v) is 10.3. The molecule has 2 aromatic rings. The predicted molar refractivity (Wildman–Crippen MR) is 104 cm³/mol. The van der Waals surface area contributed by atoms with Crippen molar-refractivity contribution in [3.8, 4) is 5.69 Å². The molecule has 3 N–H and O–H groups in total. The number of hydrogen-bond acceptors (Lipinski definition) is 5. The van der Waals surface area contributed by atoms with Crippen molar-refractivity contribution in [3.63, 3.8) is 0 Å².